The molecule has 1 atom stereocenters. The first kappa shape index (κ1) is 17.5. The Kier molecular flexibility index (Phi) is 5.06. The largest absolute Gasteiger partial charge is 0.506 e. The van der Waals surface area contributed by atoms with E-state index in [1.165, 1.54) is 0 Å². The van der Waals surface area contributed by atoms with Crippen LogP contribution in [-0.4, -0.2) is 27.7 Å². The fourth-order valence-electron chi connectivity index (χ4n) is 2.48. The summed E-state index contributed by atoms with van der Waals surface area (Å²) in [7, 11) is 0. The van der Waals surface area contributed by atoms with E-state index in [9.17, 15) is 5.11 Å². The molecule has 4 N–H and O–H groups in total. The Hall–Kier alpha value is -2.37. The molecule has 2 aromatic carbocycles. The molecule has 0 spiro atoms. The molecule has 0 aliphatic rings. The summed E-state index contributed by atoms with van der Waals surface area (Å²) in [5.41, 5.74) is 7.42. The number of phenols is 1. The normalized spacial score (nSPS) is 12.5. The molecular formula is C19H21ClN4O. The molecule has 0 radical (unpaired) electrons. The number of nitrogens with two attached hydrogens (primary N) is 1. The summed E-state index contributed by atoms with van der Waals surface area (Å²) in [6, 6.07) is 12.9. The van der Waals surface area contributed by atoms with Gasteiger partial charge in [-0.3, -0.25) is 0 Å². The van der Waals surface area contributed by atoms with Crippen molar-refractivity contribution in [2.24, 2.45) is 11.7 Å². The first-order valence-electron chi connectivity index (χ1n) is 8.21. The zero-order chi connectivity index (χ0) is 18.0. The third-order valence-corrected chi connectivity index (χ3v) is 4.50. The maximum Gasteiger partial charge on any atom is 0.165 e. The van der Waals surface area contributed by atoms with Crippen molar-refractivity contribution < 1.29 is 5.11 Å². The first-order chi connectivity index (χ1) is 12.0. The Labute approximate surface area is 151 Å². The molecule has 0 saturated carbocycles. The van der Waals surface area contributed by atoms with E-state index in [0.29, 0.717) is 29.7 Å². The highest BCUT2D eigenvalue weighted by Crippen LogP contribution is 2.34. The van der Waals surface area contributed by atoms with Crippen LogP contribution in [0.5, 0.6) is 5.75 Å². The number of aromatic nitrogens is 2. The number of rotatable bonds is 5. The summed E-state index contributed by atoms with van der Waals surface area (Å²) in [6.45, 7) is 4.76. The van der Waals surface area contributed by atoms with E-state index in [2.05, 4.69) is 29.1 Å². The molecule has 0 aliphatic heterocycles. The molecule has 5 nitrogen and oxygen atoms in total. The lowest BCUT2D eigenvalue weighted by Crippen LogP contribution is -2.34. The minimum Gasteiger partial charge on any atom is -0.506 e. The summed E-state index contributed by atoms with van der Waals surface area (Å²) >= 11 is 6.02. The minimum atomic E-state index is -0.0238. The fraction of sp³-hybridized carbons (Fsp3) is 0.263. The molecule has 0 bridgehead atoms. The standard InChI is InChI=1S/C19H21ClN4O/c1-11(2)15(21)10-22-18-12-6-3-4-9-16(12)23-19(24-18)13-7-5-8-14(20)17(13)25/h3-9,11,15,25H,10,21H2,1-2H3,(H,22,23,24)/t15-/m1/s1. The zero-order valence-corrected chi connectivity index (χ0v) is 15.0. The molecule has 25 heavy (non-hydrogen) atoms. The van der Waals surface area contributed by atoms with Crippen LogP contribution in [0, 0.1) is 5.92 Å². The van der Waals surface area contributed by atoms with Gasteiger partial charge in [0.2, 0.25) is 0 Å². The van der Waals surface area contributed by atoms with Crippen molar-refractivity contribution in [3.05, 3.63) is 47.5 Å². The van der Waals surface area contributed by atoms with E-state index in [1.807, 2.05) is 24.3 Å². The molecule has 0 amide bonds. The van der Waals surface area contributed by atoms with Crippen molar-refractivity contribution in [1.29, 1.82) is 0 Å². The number of phenolic OH excluding ortho intramolecular Hbond substituents is 1. The molecular weight excluding hydrogens is 336 g/mol. The van der Waals surface area contributed by atoms with Crippen LogP contribution in [0.4, 0.5) is 5.82 Å². The van der Waals surface area contributed by atoms with Crippen LogP contribution in [0.15, 0.2) is 42.5 Å². The van der Waals surface area contributed by atoms with Gasteiger partial charge in [0, 0.05) is 18.0 Å². The van der Waals surface area contributed by atoms with Gasteiger partial charge in [0.05, 0.1) is 16.1 Å². The number of nitrogens with zero attached hydrogens (tertiary/aromatic N) is 2. The Bertz CT molecular complexity index is 898. The van der Waals surface area contributed by atoms with Gasteiger partial charge in [0.25, 0.3) is 0 Å². The van der Waals surface area contributed by atoms with Crippen molar-refractivity contribution in [3.63, 3.8) is 0 Å². The lowest BCUT2D eigenvalue weighted by atomic mass is 10.1. The van der Waals surface area contributed by atoms with E-state index in [0.717, 1.165) is 10.9 Å². The van der Waals surface area contributed by atoms with Gasteiger partial charge < -0.3 is 16.2 Å². The molecule has 3 rings (SSSR count). The topological polar surface area (TPSA) is 84.1 Å². The number of hydrogen-bond donors (Lipinski definition) is 3. The second-order valence-electron chi connectivity index (χ2n) is 6.34. The smallest absolute Gasteiger partial charge is 0.165 e. The van der Waals surface area contributed by atoms with Crippen molar-refractivity contribution >= 4 is 28.3 Å². The molecule has 0 fully saturated rings. The maximum absolute atomic E-state index is 10.3. The van der Waals surface area contributed by atoms with E-state index < -0.39 is 0 Å². The zero-order valence-electron chi connectivity index (χ0n) is 14.2. The van der Waals surface area contributed by atoms with Gasteiger partial charge >= 0.3 is 0 Å². The number of benzene rings is 2. The number of fused-ring (bicyclic) bond motifs is 1. The average Bonchev–Trinajstić information content (AvgIpc) is 2.61. The molecule has 1 aromatic heterocycles. The molecule has 130 valence electrons. The van der Waals surface area contributed by atoms with Gasteiger partial charge in [-0.1, -0.05) is 43.6 Å². The Balaban J connectivity index is 2.07. The molecule has 0 saturated heterocycles. The van der Waals surface area contributed by atoms with Crippen LogP contribution in [0.3, 0.4) is 0 Å². The third kappa shape index (κ3) is 3.67. The molecule has 3 aromatic rings. The Morgan fingerprint density at radius 1 is 1.12 bits per heavy atom. The lowest BCUT2D eigenvalue weighted by molar-refractivity contribution is 0.477. The molecule has 0 unspecified atom stereocenters. The van der Waals surface area contributed by atoms with Gasteiger partial charge in [0.15, 0.2) is 5.82 Å². The minimum absolute atomic E-state index is 0.0109. The summed E-state index contributed by atoms with van der Waals surface area (Å²) < 4.78 is 0. The van der Waals surface area contributed by atoms with Gasteiger partial charge in [-0.15, -0.1) is 0 Å². The third-order valence-electron chi connectivity index (χ3n) is 4.19. The van der Waals surface area contributed by atoms with Gasteiger partial charge in [-0.2, -0.15) is 0 Å². The van der Waals surface area contributed by atoms with Crippen LogP contribution in [0.25, 0.3) is 22.3 Å². The fourth-order valence-corrected chi connectivity index (χ4v) is 2.65. The highest BCUT2D eigenvalue weighted by atomic mass is 35.5. The van der Waals surface area contributed by atoms with Crippen molar-refractivity contribution in [2.75, 3.05) is 11.9 Å². The maximum atomic E-state index is 10.3. The summed E-state index contributed by atoms with van der Waals surface area (Å²) in [5.74, 6) is 1.44. The number of para-hydroxylation sites is 2. The predicted molar refractivity (Wildman–Crippen MR) is 103 cm³/mol. The van der Waals surface area contributed by atoms with Crippen molar-refractivity contribution in [3.8, 4) is 17.1 Å². The first-order valence-corrected chi connectivity index (χ1v) is 8.59. The van der Waals surface area contributed by atoms with Crippen molar-refractivity contribution in [1.82, 2.24) is 9.97 Å². The Morgan fingerprint density at radius 2 is 1.88 bits per heavy atom. The van der Waals surface area contributed by atoms with E-state index in [1.54, 1.807) is 18.2 Å². The SMILES string of the molecule is CC(C)[C@H](N)CNc1nc(-c2cccc(Cl)c2O)nc2ccccc12. The monoisotopic (exact) mass is 356 g/mol. The van der Waals surface area contributed by atoms with Gasteiger partial charge in [-0.05, 0) is 30.2 Å². The summed E-state index contributed by atoms with van der Waals surface area (Å²) in [4.78, 5) is 9.18. The molecule has 6 heteroatoms. The lowest BCUT2D eigenvalue weighted by Gasteiger charge is -2.18. The number of nitrogens with one attached hydrogen (secondary N) is 1. The van der Waals surface area contributed by atoms with Gasteiger partial charge in [0.1, 0.15) is 11.6 Å². The van der Waals surface area contributed by atoms with Gasteiger partial charge in [-0.25, -0.2) is 9.97 Å². The summed E-state index contributed by atoms with van der Waals surface area (Å²) in [6.07, 6.45) is 0. The predicted octanol–water partition coefficient (Wildman–Crippen LogP) is 4.05. The average molecular weight is 357 g/mol. The van der Waals surface area contributed by atoms with E-state index >= 15 is 0 Å². The molecule has 1 heterocycles. The highest BCUT2D eigenvalue weighted by molar-refractivity contribution is 6.32. The van der Waals surface area contributed by atoms with Crippen LogP contribution in [0.1, 0.15) is 13.8 Å². The van der Waals surface area contributed by atoms with Crippen LogP contribution in [0.2, 0.25) is 5.02 Å². The Morgan fingerprint density at radius 3 is 2.64 bits per heavy atom. The second kappa shape index (κ2) is 7.25. The number of hydrogen-bond acceptors (Lipinski definition) is 5. The quantitative estimate of drug-likeness (QED) is 0.642. The highest BCUT2D eigenvalue weighted by Gasteiger charge is 2.15. The summed E-state index contributed by atoms with van der Waals surface area (Å²) in [5, 5.41) is 14.8. The molecule has 0 aliphatic carbocycles. The van der Waals surface area contributed by atoms with E-state index in [4.69, 9.17) is 17.3 Å². The van der Waals surface area contributed by atoms with Crippen LogP contribution >= 0.6 is 11.6 Å². The van der Waals surface area contributed by atoms with Crippen molar-refractivity contribution in [2.45, 2.75) is 19.9 Å². The second-order valence-corrected chi connectivity index (χ2v) is 6.74. The number of aromatic hydroxyl groups is 1. The van der Waals surface area contributed by atoms with Crippen LogP contribution < -0.4 is 11.1 Å². The van der Waals surface area contributed by atoms with E-state index in [-0.39, 0.29) is 16.8 Å². The van der Waals surface area contributed by atoms with Crippen LogP contribution in [-0.2, 0) is 0 Å². The number of anilines is 1. The number of halogens is 1.